The Balaban J connectivity index is 3.11. The zero-order valence-electron chi connectivity index (χ0n) is 8.06. The number of H-pyrrole nitrogens is 1. The maximum absolute atomic E-state index is 11.3. The fourth-order valence-electron chi connectivity index (χ4n) is 1.08. The van der Waals surface area contributed by atoms with Crippen LogP contribution >= 0.6 is 0 Å². The zero-order chi connectivity index (χ0) is 11.6. The SMILES string of the molecule is Cc1cc(=O)n(C[C@H](N)C(=O)O)c(=O)[nH]1. The van der Waals surface area contributed by atoms with Crippen molar-refractivity contribution in [2.24, 2.45) is 5.73 Å². The predicted octanol–water partition coefficient (Wildman–Crippen LogP) is -1.74. The molecule has 7 nitrogen and oxygen atoms in total. The predicted molar refractivity (Wildman–Crippen MR) is 51.7 cm³/mol. The molecule has 1 aromatic heterocycles. The topological polar surface area (TPSA) is 118 Å². The number of aromatic amines is 1. The van der Waals surface area contributed by atoms with Gasteiger partial charge in [0, 0.05) is 11.8 Å². The smallest absolute Gasteiger partial charge is 0.328 e. The average molecular weight is 213 g/mol. The molecule has 0 saturated heterocycles. The monoisotopic (exact) mass is 213 g/mol. The van der Waals surface area contributed by atoms with Crippen molar-refractivity contribution in [2.45, 2.75) is 19.5 Å². The first-order valence-corrected chi connectivity index (χ1v) is 4.21. The summed E-state index contributed by atoms with van der Waals surface area (Å²) in [6.07, 6.45) is 0. The molecule has 0 spiro atoms. The standard InChI is InChI=1S/C8H11N3O4/c1-4-2-6(12)11(8(15)10-4)3-5(9)7(13)14/h2,5H,3,9H2,1H3,(H,10,15)(H,13,14)/t5-/m0/s1. The highest BCUT2D eigenvalue weighted by Gasteiger charge is 2.14. The minimum Gasteiger partial charge on any atom is -0.480 e. The lowest BCUT2D eigenvalue weighted by Crippen LogP contribution is -2.44. The number of nitrogens with one attached hydrogen (secondary N) is 1. The van der Waals surface area contributed by atoms with E-state index >= 15 is 0 Å². The summed E-state index contributed by atoms with van der Waals surface area (Å²) in [4.78, 5) is 35.4. The Bertz CT molecular complexity index is 456. The van der Waals surface area contributed by atoms with Crippen LogP contribution in [0.15, 0.2) is 15.7 Å². The van der Waals surface area contributed by atoms with E-state index in [2.05, 4.69) is 4.98 Å². The fourth-order valence-corrected chi connectivity index (χ4v) is 1.08. The van der Waals surface area contributed by atoms with E-state index in [0.29, 0.717) is 5.69 Å². The van der Waals surface area contributed by atoms with Gasteiger partial charge >= 0.3 is 11.7 Å². The van der Waals surface area contributed by atoms with Crippen LogP contribution in [0.25, 0.3) is 0 Å². The second kappa shape index (κ2) is 4.09. The van der Waals surface area contributed by atoms with Gasteiger partial charge in [0.1, 0.15) is 6.04 Å². The Morgan fingerprint density at radius 1 is 1.67 bits per heavy atom. The van der Waals surface area contributed by atoms with Crippen LogP contribution < -0.4 is 17.0 Å². The number of aromatic nitrogens is 2. The van der Waals surface area contributed by atoms with Gasteiger partial charge in [-0.05, 0) is 6.92 Å². The molecule has 0 aromatic carbocycles. The van der Waals surface area contributed by atoms with Gasteiger partial charge in [0.05, 0.1) is 6.54 Å². The van der Waals surface area contributed by atoms with E-state index in [-0.39, 0.29) is 6.54 Å². The van der Waals surface area contributed by atoms with Gasteiger partial charge in [-0.2, -0.15) is 0 Å². The summed E-state index contributed by atoms with van der Waals surface area (Å²) in [5, 5.41) is 8.53. The van der Waals surface area contributed by atoms with Crippen molar-refractivity contribution < 1.29 is 9.90 Å². The van der Waals surface area contributed by atoms with Crippen LogP contribution in [0.3, 0.4) is 0 Å². The van der Waals surface area contributed by atoms with E-state index in [1.165, 1.54) is 6.07 Å². The molecule has 0 fully saturated rings. The van der Waals surface area contributed by atoms with Crippen LogP contribution in [0, 0.1) is 6.92 Å². The van der Waals surface area contributed by atoms with Crippen molar-refractivity contribution in [1.82, 2.24) is 9.55 Å². The summed E-state index contributed by atoms with van der Waals surface area (Å²) in [5.41, 5.74) is 4.42. The fraction of sp³-hybridized carbons (Fsp3) is 0.375. The Kier molecular flexibility index (Phi) is 3.05. The number of carboxylic acids is 1. The number of carboxylic acid groups (broad SMARTS) is 1. The molecule has 1 heterocycles. The highest BCUT2D eigenvalue weighted by atomic mass is 16.4. The maximum Gasteiger partial charge on any atom is 0.328 e. The van der Waals surface area contributed by atoms with Crippen LogP contribution in [0.4, 0.5) is 0 Å². The van der Waals surface area contributed by atoms with Crippen LogP contribution in [-0.2, 0) is 11.3 Å². The molecule has 0 radical (unpaired) electrons. The average Bonchev–Trinajstić information content (AvgIpc) is 2.10. The molecule has 1 aromatic rings. The molecule has 0 aliphatic rings. The van der Waals surface area contributed by atoms with E-state index in [1.54, 1.807) is 6.92 Å². The third-order valence-electron chi connectivity index (χ3n) is 1.85. The van der Waals surface area contributed by atoms with Crippen molar-refractivity contribution in [3.05, 3.63) is 32.6 Å². The molecule has 7 heteroatoms. The molecular weight excluding hydrogens is 202 g/mol. The Labute approximate surface area is 84.2 Å². The molecule has 4 N–H and O–H groups in total. The van der Waals surface area contributed by atoms with Gasteiger partial charge in [-0.1, -0.05) is 0 Å². The summed E-state index contributed by atoms with van der Waals surface area (Å²) < 4.78 is 0.756. The molecule has 1 atom stereocenters. The summed E-state index contributed by atoms with van der Waals surface area (Å²) in [6.45, 7) is 1.22. The first-order chi connectivity index (χ1) is 6.91. The lowest BCUT2D eigenvalue weighted by Gasteiger charge is -2.07. The zero-order valence-corrected chi connectivity index (χ0v) is 8.06. The Morgan fingerprint density at radius 3 is 2.73 bits per heavy atom. The molecule has 0 saturated carbocycles. The van der Waals surface area contributed by atoms with E-state index < -0.39 is 23.3 Å². The molecule has 0 aliphatic carbocycles. The number of aliphatic carboxylic acids is 1. The van der Waals surface area contributed by atoms with Crippen molar-refractivity contribution in [3.63, 3.8) is 0 Å². The molecule has 0 bridgehead atoms. The van der Waals surface area contributed by atoms with Gasteiger partial charge < -0.3 is 15.8 Å². The number of hydrogen-bond donors (Lipinski definition) is 3. The molecule has 0 aliphatic heterocycles. The highest BCUT2D eigenvalue weighted by molar-refractivity contribution is 5.72. The van der Waals surface area contributed by atoms with Crippen molar-refractivity contribution in [3.8, 4) is 0 Å². The van der Waals surface area contributed by atoms with Gasteiger partial charge in [-0.15, -0.1) is 0 Å². The van der Waals surface area contributed by atoms with E-state index in [4.69, 9.17) is 10.8 Å². The van der Waals surface area contributed by atoms with E-state index in [0.717, 1.165) is 4.57 Å². The van der Waals surface area contributed by atoms with E-state index in [1.807, 2.05) is 0 Å². The summed E-state index contributed by atoms with van der Waals surface area (Å²) >= 11 is 0. The van der Waals surface area contributed by atoms with Crippen LogP contribution in [0.5, 0.6) is 0 Å². The van der Waals surface area contributed by atoms with Crippen LogP contribution in [-0.4, -0.2) is 26.7 Å². The molecule has 0 unspecified atom stereocenters. The van der Waals surface area contributed by atoms with Gasteiger partial charge in [0.2, 0.25) is 0 Å². The normalized spacial score (nSPS) is 12.4. The van der Waals surface area contributed by atoms with Crippen LogP contribution in [0.2, 0.25) is 0 Å². The summed E-state index contributed by atoms with van der Waals surface area (Å²) in [7, 11) is 0. The van der Waals surface area contributed by atoms with Crippen molar-refractivity contribution in [1.29, 1.82) is 0 Å². The van der Waals surface area contributed by atoms with Gasteiger partial charge in [-0.3, -0.25) is 14.2 Å². The Morgan fingerprint density at radius 2 is 2.27 bits per heavy atom. The molecule has 15 heavy (non-hydrogen) atoms. The third-order valence-corrected chi connectivity index (χ3v) is 1.85. The Hall–Kier alpha value is -1.89. The van der Waals surface area contributed by atoms with E-state index in [9.17, 15) is 14.4 Å². The number of nitrogens with zero attached hydrogens (tertiary/aromatic N) is 1. The third kappa shape index (κ3) is 2.53. The number of hydrogen-bond acceptors (Lipinski definition) is 4. The minimum absolute atomic E-state index is 0.343. The number of nitrogens with two attached hydrogens (primary N) is 1. The summed E-state index contributed by atoms with van der Waals surface area (Å²) in [6, 6.07) is -0.0674. The molecular formula is C8H11N3O4. The largest absolute Gasteiger partial charge is 0.480 e. The van der Waals surface area contributed by atoms with Crippen molar-refractivity contribution in [2.75, 3.05) is 0 Å². The van der Waals surface area contributed by atoms with Gasteiger partial charge in [0.15, 0.2) is 0 Å². The number of rotatable bonds is 3. The number of aryl methyl sites for hydroxylation is 1. The second-order valence-electron chi connectivity index (χ2n) is 3.15. The summed E-state index contributed by atoms with van der Waals surface area (Å²) in [5.74, 6) is -1.26. The lowest BCUT2D eigenvalue weighted by molar-refractivity contribution is -0.138. The maximum atomic E-state index is 11.3. The molecule has 0 amide bonds. The van der Waals surface area contributed by atoms with Crippen LogP contribution in [0.1, 0.15) is 5.69 Å². The molecule has 1 rings (SSSR count). The first-order valence-electron chi connectivity index (χ1n) is 4.21. The lowest BCUT2D eigenvalue weighted by atomic mass is 10.3. The quantitative estimate of drug-likeness (QED) is 0.550. The minimum atomic E-state index is -1.27. The number of carbonyl (C=O) groups is 1. The second-order valence-corrected chi connectivity index (χ2v) is 3.15. The highest BCUT2D eigenvalue weighted by Crippen LogP contribution is 1.84. The molecule has 82 valence electrons. The first kappa shape index (κ1) is 11.2. The van der Waals surface area contributed by atoms with Crippen molar-refractivity contribution >= 4 is 5.97 Å². The van der Waals surface area contributed by atoms with Gasteiger partial charge in [-0.25, -0.2) is 4.79 Å². The van der Waals surface area contributed by atoms with Gasteiger partial charge in [0.25, 0.3) is 5.56 Å².